The Hall–Kier alpha value is -2.23. The minimum atomic E-state index is -2.96. The first kappa shape index (κ1) is 11.8. The molecule has 0 saturated heterocycles. The third kappa shape index (κ3) is 2.06. The molecule has 84 valence electrons. The normalized spacial score (nSPS) is 9.94. The number of carbonyl (C=O) groups excluding carboxylic acids is 1. The Balaban J connectivity index is 3.41. The fourth-order valence-electron chi connectivity index (χ4n) is 1.04. The Morgan fingerprint density at radius 3 is 2.75 bits per heavy atom. The van der Waals surface area contributed by atoms with Crippen LogP contribution in [0.25, 0.3) is 0 Å². The van der Waals surface area contributed by atoms with Gasteiger partial charge in [-0.05, 0) is 6.07 Å². The van der Waals surface area contributed by atoms with Crippen LogP contribution in [0, 0.1) is 11.3 Å². The van der Waals surface area contributed by atoms with Gasteiger partial charge in [0.2, 0.25) is 0 Å². The largest absolute Gasteiger partial charge is 0.464 e. The lowest BCUT2D eigenvalue weighted by Crippen LogP contribution is -2.10. The fourth-order valence-corrected chi connectivity index (χ4v) is 1.04. The maximum atomic E-state index is 12.5. The number of nitrogens with two attached hydrogens (primary N) is 1. The van der Waals surface area contributed by atoms with Gasteiger partial charge in [0.15, 0.2) is 0 Å². The number of anilines is 1. The van der Waals surface area contributed by atoms with Crippen LogP contribution in [-0.4, -0.2) is 18.1 Å². The quantitative estimate of drug-likeness (QED) is 0.768. The lowest BCUT2D eigenvalue weighted by Gasteiger charge is -2.07. The van der Waals surface area contributed by atoms with E-state index in [2.05, 4.69) is 9.72 Å². The molecule has 0 saturated carbocycles. The number of esters is 1. The molecule has 0 bridgehead atoms. The summed E-state index contributed by atoms with van der Waals surface area (Å²) in [7, 11) is 1.08. The summed E-state index contributed by atoms with van der Waals surface area (Å²) < 4.78 is 29.3. The molecule has 0 aromatic carbocycles. The molecule has 0 aliphatic carbocycles. The summed E-state index contributed by atoms with van der Waals surface area (Å²) in [5.41, 5.74) is 3.47. The average molecular weight is 227 g/mol. The Labute approximate surface area is 89.4 Å². The number of pyridine rings is 1. The van der Waals surface area contributed by atoms with Crippen molar-refractivity contribution in [3.8, 4) is 6.07 Å². The number of nitrogen functional groups attached to an aromatic ring is 1. The van der Waals surface area contributed by atoms with Gasteiger partial charge in [0.1, 0.15) is 17.5 Å². The van der Waals surface area contributed by atoms with E-state index in [-0.39, 0.29) is 11.3 Å². The van der Waals surface area contributed by atoms with Gasteiger partial charge in [0.25, 0.3) is 6.43 Å². The highest BCUT2D eigenvalue weighted by atomic mass is 19.3. The number of alkyl halides is 2. The van der Waals surface area contributed by atoms with Gasteiger partial charge in [-0.3, -0.25) is 0 Å². The van der Waals surface area contributed by atoms with Crippen molar-refractivity contribution >= 4 is 11.7 Å². The van der Waals surface area contributed by atoms with Crippen molar-refractivity contribution in [3.63, 3.8) is 0 Å². The van der Waals surface area contributed by atoms with Crippen LogP contribution >= 0.6 is 0 Å². The van der Waals surface area contributed by atoms with Gasteiger partial charge in [0.05, 0.1) is 18.4 Å². The highest BCUT2D eigenvalue weighted by Crippen LogP contribution is 2.26. The molecule has 16 heavy (non-hydrogen) atoms. The molecule has 2 N–H and O–H groups in total. The van der Waals surface area contributed by atoms with Gasteiger partial charge >= 0.3 is 5.97 Å². The van der Waals surface area contributed by atoms with Crippen LogP contribution < -0.4 is 5.73 Å². The van der Waals surface area contributed by atoms with Crippen molar-refractivity contribution in [1.29, 1.82) is 5.26 Å². The maximum Gasteiger partial charge on any atom is 0.356 e. The zero-order chi connectivity index (χ0) is 12.3. The molecule has 0 atom stereocenters. The molecule has 0 radical (unpaired) electrons. The minimum absolute atomic E-state index is 0.231. The molecule has 7 heteroatoms. The van der Waals surface area contributed by atoms with E-state index < -0.39 is 23.8 Å². The zero-order valence-electron chi connectivity index (χ0n) is 8.20. The first-order valence-electron chi connectivity index (χ1n) is 4.08. The second-order valence-corrected chi connectivity index (χ2v) is 2.76. The van der Waals surface area contributed by atoms with Crippen molar-refractivity contribution in [3.05, 3.63) is 23.0 Å². The van der Waals surface area contributed by atoms with E-state index in [0.29, 0.717) is 0 Å². The number of halogens is 2. The van der Waals surface area contributed by atoms with Gasteiger partial charge in [-0.15, -0.1) is 0 Å². The van der Waals surface area contributed by atoms with E-state index in [0.717, 1.165) is 13.2 Å². The summed E-state index contributed by atoms with van der Waals surface area (Å²) in [5, 5.41) is 8.65. The monoisotopic (exact) mass is 227 g/mol. The summed E-state index contributed by atoms with van der Waals surface area (Å²) in [5.74, 6) is -0.904. The smallest absolute Gasteiger partial charge is 0.356 e. The van der Waals surface area contributed by atoms with Crippen LogP contribution in [0.15, 0.2) is 6.07 Å². The molecule has 1 aromatic rings. The summed E-state index contributed by atoms with van der Waals surface area (Å²) in [6, 6.07) is 2.61. The van der Waals surface area contributed by atoms with Crippen LogP contribution in [0.2, 0.25) is 0 Å². The van der Waals surface area contributed by atoms with Crippen LogP contribution in [0.4, 0.5) is 14.5 Å². The van der Waals surface area contributed by atoms with E-state index in [9.17, 15) is 13.6 Å². The third-order valence-corrected chi connectivity index (χ3v) is 1.81. The number of rotatable bonds is 2. The number of hydrogen-bond acceptors (Lipinski definition) is 5. The number of carbonyl (C=O) groups is 1. The molecule has 0 unspecified atom stereocenters. The van der Waals surface area contributed by atoms with Crippen LogP contribution in [0.5, 0.6) is 0 Å². The summed E-state index contributed by atoms with van der Waals surface area (Å²) in [6.45, 7) is 0. The van der Waals surface area contributed by atoms with Gasteiger partial charge in [-0.1, -0.05) is 0 Å². The predicted octanol–water partition coefficient (Wildman–Crippen LogP) is 1.26. The fraction of sp³-hybridized carbons (Fsp3) is 0.222. The van der Waals surface area contributed by atoms with Crippen molar-refractivity contribution in [2.75, 3.05) is 12.8 Å². The molecule has 0 amide bonds. The molecule has 5 nitrogen and oxygen atoms in total. The van der Waals surface area contributed by atoms with Crippen LogP contribution in [0.1, 0.15) is 28.2 Å². The van der Waals surface area contributed by atoms with E-state index in [1.165, 1.54) is 0 Å². The molecular formula is C9H7F2N3O2. The number of nitrogens with zero attached hydrogens (tertiary/aromatic N) is 2. The number of ether oxygens (including phenoxy) is 1. The minimum Gasteiger partial charge on any atom is -0.464 e. The van der Waals surface area contributed by atoms with E-state index in [1.54, 1.807) is 6.07 Å². The Kier molecular flexibility index (Phi) is 3.35. The molecule has 1 heterocycles. The predicted molar refractivity (Wildman–Crippen MR) is 49.7 cm³/mol. The van der Waals surface area contributed by atoms with E-state index >= 15 is 0 Å². The average Bonchev–Trinajstić information content (AvgIpc) is 2.27. The topological polar surface area (TPSA) is 89.0 Å². The molecule has 0 aliphatic heterocycles. The summed E-state index contributed by atoms with van der Waals surface area (Å²) in [4.78, 5) is 14.4. The van der Waals surface area contributed by atoms with Gasteiger partial charge < -0.3 is 10.5 Å². The number of nitriles is 1. The summed E-state index contributed by atoms with van der Waals surface area (Å²) in [6.07, 6.45) is -2.96. The highest BCUT2D eigenvalue weighted by Gasteiger charge is 2.20. The van der Waals surface area contributed by atoms with Gasteiger partial charge in [0, 0.05) is 0 Å². The van der Waals surface area contributed by atoms with Crippen LogP contribution in [-0.2, 0) is 4.74 Å². The Morgan fingerprint density at radius 1 is 1.69 bits per heavy atom. The van der Waals surface area contributed by atoms with Crippen molar-refractivity contribution in [2.45, 2.75) is 6.43 Å². The molecule has 1 aromatic heterocycles. The van der Waals surface area contributed by atoms with Crippen molar-refractivity contribution in [2.24, 2.45) is 0 Å². The van der Waals surface area contributed by atoms with Gasteiger partial charge in [-0.25, -0.2) is 18.6 Å². The lowest BCUT2D eigenvalue weighted by atomic mass is 10.1. The summed E-state index contributed by atoms with van der Waals surface area (Å²) >= 11 is 0. The van der Waals surface area contributed by atoms with Crippen molar-refractivity contribution in [1.82, 2.24) is 4.98 Å². The third-order valence-electron chi connectivity index (χ3n) is 1.81. The molecule has 1 rings (SSSR count). The Morgan fingerprint density at radius 2 is 2.31 bits per heavy atom. The zero-order valence-corrected chi connectivity index (χ0v) is 8.20. The second-order valence-electron chi connectivity index (χ2n) is 2.76. The maximum absolute atomic E-state index is 12.5. The standard InChI is InChI=1S/C9H7F2N3O2/c1-16-9(15)5-2-4(3-12)6(13)7(14-5)8(10)11/h2,8H,13H2,1H3. The SMILES string of the molecule is COC(=O)c1cc(C#N)c(N)c(C(F)F)n1. The number of hydrogen-bond donors (Lipinski definition) is 1. The van der Waals surface area contributed by atoms with Crippen LogP contribution in [0.3, 0.4) is 0 Å². The number of methoxy groups -OCH3 is 1. The highest BCUT2D eigenvalue weighted by molar-refractivity contribution is 5.88. The molecule has 0 spiro atoms. The van der Waals surface area contributed by atoms with Crippen molar-refractivity contribution < 1.29 is 18.3 Å². The molecule has 0 fully saturated rings. The Bertz CT molecular complexity index is 469. The molecular weight excluding hydrogens is 220 g/mol. The molecule has 0 aliphatic rings. The van der Waals surface area contributed by atoms with Gasteiger partial charge in [-0.2, -0.15) is 5.26 Å². The first-order valence-corrected chi connectivity index (χ1v) is 4.08. The van der Waals surface area contributed by atoms with E-state index in [4.69, 9.17) is 11.0 Å². The first-order chi connectivity index (χ1) is 7.51. The lowest BCUT2D eigenvalue weighted by molar-refractivity contribution is 0.0592. The number of aromatic nitrogens is 1. The van der Waals surface area contributed by atoms with E-state index in [1.807, 2.05) is 0 Å². The second kappa shape index (κ2) is 4.53.